The van der Waals surface area contributed by atoms with Crippen molar-refractivity contribution in [2.45, 2.75) is 6.54 Å². The van der Waals surface area contributed by atoms with E-state index in [9.17, 15) is 14.5 Å². The van der Waals surface area contributed by atoms with Gasteiger partial charge < -0.3 is 5.32 Å². The molecular weight excluding hydrogens is 351 g/mol. The minimum Gasteiger partial charge on any atom is -0.378 e. The van der Waals surface area contributed by atoms with Crippen LogP contribution < -0.4 is 5.32 Å². The van der Waals surface area contributed by atoms with Crippen molar-refractivity contribution in [1.29, 1.82) is 0 Å². The second-order valence-corrected chi connectivity index (χ2v) is 5.36. The average molecular weight is 360 g/mol. The smallest absolute Gasteiger partial charge is 0.275 e. The Bertz CT molecular complexity index is 667. The second kappa shape index (κ2) is 6.19. The minimum atomic E-state index is -0.476. The maximum Gasteiger partial charge on any atom is 0.275 e. The van der Waals surface area contributed by atoms with Crippen LogP contribution in [0.4, 0.5) is 15.8 Å². The summed E-state index contributed by atoms with van der Waals surface area (Å²) < 4.78 is 14.1. The molecule has 104 valence electrons. The maximum atomic E-state index is 13.5. The molecule has 0 heterocycles. The summed E-state index contributed by atoms with van der Waals surface area (Å²) in [6.45, 7) is 0.126. The van der Waals surface area contributed by atoms with Crippen LogP contribution >= 0.6 is 27.5 Å². The van der Waals surface area contributed by atoms with Crippen LogP contribution in [0.5, 0.6) is 0 Å². The van der Waals surface area contributed by atoms with Crippen LogP contribution in [0.3, 0.4) is 0 Å². The number of nitro benzene ring substituents is 1. The fourth-order valence-corrected chi connectivity index (χ4v) is 2.20. The molecule has 0 aliphatic carbocycles. The molecule has 0 fully saturated rings. The molecule has 4 nitrogen and oxygen atoms in total. The molecule has 0 bridgehead atoms. The lowest BCUT2D eigenvalue weighted by atomic mass is 10.1. The van der Waals surface area contributed by atoms with Crippen LogP contribution in [-0.4, -0.2) is 4.92 Å². The zero-order valence-electron chi connectivity index (χ0n) is 10.1. The highest BCUT2D eigenvalue weighted by Crippen LogP contribution is 2.25. The molecule has 0 atom stereocenters. The van der Waals surface area contributed by atoms with Crippen molar-refractivity contribution in [3.05, 3.63) is 67.4 Å². The lowest BCUT2D eigenvalue weighted by Crippen LogP contribution is -2.04. The Morgan fingerprint density at radius 1 is 1.30 bits per heavy atom. The predicted octanol–water partition coefficient (Wildman–Crippen LogP) is 4.76. The Kier molecular flexibility index (Phi) is 4.57. The molecule has 0 aromatic heterocycles. The summed E-state index contributed by atoms with van der Waals surface area (Å²) >= 11 is 8.96. The van der Waals surface area contributed by atoms with Gasteiger partial charge >= 0.3 is 0 Å². The van der Waals surface area contributed by atoms with E-state index in [4.69, 9.17) is 11.6 Å². The average Bonchev–Trinajstić information content (AvgIpc) is 2.40. The summed E-state index contributed by atoms with van der Waals surface area (Å²) in [6.07, 6.45) is 0. The molecule has 0 unspecified atom stereocenters. The van der Waals surface area contributed by atoms with E-state index in [1.165, 1.54) is 24.3 Å². The van der Waals surface area contributed by atoms with Crippen LogP contribution in [0, 0.1) is 15.9 Å². The lowest BCUT2D eigenvalue weighted by molar-refractivity contribution is -0.385. The quantitative estimate of drug-likeness (QED) is 0.632. The fourth-order valence-electron chi connectivity index (χ4n) is 1.68. The fraction of sp³-hybridized carbons (Fsp3) is 0.0769. The van der Waals surface area contributed by atoms with Gasteiger partial charge in [-0.3, -0.25) is 10.1 Å². The van der Waals surface area contributed by atoms with Gasteiger partial charge in [0.25, 0.3) is 5.69 Å². The number of halogens is 3. The van der Waals surface area contributed by atoms with E-state index in [-0.39, 0.29) is 17.9 Å². The molecule has 20 heavy (non-hydrogen) atoms. The Balaban J connectivity index is 2.23. The van der Waals surface area contributed by atoms with E-state index >= 15 is 0 Å². The predicted molar refractivity (Wildman–Crippen MR) is 79.5 cm³/mol. The molecule has 0 aliphatic heterocycles. The van der Waals surface area contributed by atoms with Crippen molar-refractivity contribution in [1.82, 2.24) is 0 Å². The normalized spacial score (nSPS) is 10.3. The molecule has 2 aromatic carbocycles. The van der Waals surface area contributed by atoms with Gasteiger partial charge in [-0.15, -0.1) is 0 Å². The Labute approximate surface area is 127 Å². The van der Waals surface area contributed by atoms with E-state index in [0.717, 1.165) is 0 Å². The Morgan fingerprint density at radius 2 is 2.05 bits per heavy atom. The zero-order chi connectivity index (χ0) is 14.7. The summed E-state index contributed by atoms with van der Waals surface area (Å²) in [6, 6.07) is 8.81. The number of nitro groups is 1. The van der Waals surface area contributed by atoms with E-state index in [1.807, 2.05) is 0 Å². The molecule has 2 rings (SSSR count). The molecule has 1 N–H and O–H groups in total. The van der Waals surface area contributed by atoms with Gasteiger partial charge in [0.05, 0.1) is 10.6 Å². The van der Waals surface area contributed by atoms with Crippen molar-refractivity contribution in [2.75, 3.05) is 5.32 Å². The molecule has 0 saturated heterocycles. The summed E-state index contributed by atoms with van der Waals surface area (Å²) in [7, 11) is 0. The van der Waals surface area contributed by atoms with Gasteiger partial charge in [-0.05, 0) is 30.3 Å². The third-order valence-corrected chi connectivity index (χ3v) is 3.37. The van der Waals surface area contributed by atoms with Crippen LogP contribution in [0.2, 0.25) is 5.02 Å². The highest BCUT2D eigenvalue weighted by atomic mass is 79.9. The van der Waals surface area contributed by atoms with E-state index in [1.54, 1.807) is 12.1 Å². The van der Waals surface area contributed by atoms with Gasteiger partial charge in [0, 0.05) is 27.7 Å². The van der Waals surface area contributed by atoms with Crippen molar-refractivity contribution in [3.8, 4) is 0 Å². The monoisotopic (exact) mass is 358 g/mol. The molecule has 0 spiro atoms. The number of nitrogens with one attached hydrogen (secondary N) is 1. The molecule has 0 amide bonds. The Morgan fingerprint density at radius 3 is 2.75 bits per heavy atom. The first kappa shape index (κ1) is 14.7. The summed E-state index contributed by atoms with van der Waals surface area (Å²) in [5.74, 6) is -0.464. The molecule has 0 saturated carbocycles. The van der Waals surface area contributed by atoms with Gasteiger partial charge in [-0.1, -0.05) is 27.5 Å². The lowest BCUT2D eigenvalue weighted by Gasteiger charge is -2.08. The number of hydrogen-bond donors (Lipinski definition) is 1. The highest BCUT2D eigenvalue weighted by Gasteiger charge is 2.14. The molecule has 2 aromatic rings. The first-order valence-corrected chi connectivity index (χ1v) is 6.76. The molecule has 0 aliphatic rings. The van der Waals surface area contributed by atoms with Crippen LogP contribution in [0.1, 0.15) is 5.56 Å². The highest BCUT2D eigenvalue weighted by molar-refractivity contribution is 9.10. The summed E-state index contributed by atoms with van der Waals surface area (Å²) in [5.41, 5.74) is 0.626. The van der Waals surface area contributed by atoms with Gasteiger partial charge in [0.2, 0.25) is 0 Å². The second-order valence-electron chi connectivity index (χ2n) is 4.01. The van der Waals surface area contributed by atoms with E-state index < -0.39 is 10.7 Å². The third kappa shape index (κ3) is 3.46. The first-order chi connectivity index (χ1) is 9.47. The summed E-state index contributed by atoms with van der Waals surface area (Å²) in [4.78, 5) is 10.5. The molecule has 0 radical (unpaired) electrons. The SMILES string of the molecule is O=[N+]([O-])c1cc(Br)ccc1CNc1cc(Cl)ccc1F. The largest absolute Gasteiger partial charge is 0.378 e. The molecule has 7 heteroatoms. The van der Waals surface area contributed by atoms with E-state index in [2.05, 4.69) is 21.2 Å². The minimum absolute atomic E-state index is 0.0330. The van der Waals surface area contributed by atoms with Crippen molar-refractivity contribution in [2.24, 2.45) is 0 Å². The summed E-state index contributed by atoms with van der Waals surface area (Å²) in [5, 5.41) is 14.2. The topological polar surface area (TPSA) is 55.2 Å². The number of anilines is 1. The maximum absolute atomic E-state index is 13.5. The number of benzene rings is 2. The van der Waals surface area contributed by atoms with Crippen LogP contribution in [-0.2, 0) is 6.54 Å². The van der Waals surface area contributed by atoms with Crippen LogP contribution in [0.25, 0.3) is 0 Å². The zero-order valence-corrected chi connectivity index (χ0v) is 12.4. The van der Waals surface area contributed by atoms with Gasteiger partial charge in [-0.25, -0.2) is 4.39 Å². The number of rotatable bonds is 4. The van der Waals surface area contributed by atoms with Crippen molar-refractivity contribution in [3.63, 3.8) is 0 Å². The molecular formula is C13H9BrClFN2O2. The van der Waals surface area contributed by atoms with E-state index in [0.29, 0.717) is 15.1 Å². The van der Waals surface area contributed by atoms with Crippen LogP contribution in [0.15, 0.2) is 40.9 Å². The first-order valence-electron chi connectivity index (χ1n) is 5.59. The van der Waals surface area contributed by atoms with Crippen molar-refractivity contribution < 1.29 is 9.31 Å². The standard InChI is InChI=1S/C13H9BrClFN2O2/c14-9-2-1-8(13(5-9)18(19)20)7-17-12-6-10(15)3-4-11(12)16/h1-6,17H,7H2. The van der Waals surface area contributed by atoms with Gasteiger partial charge in [-0.2, -0.15) is 0 Å². The van der Waals surface area contributed by atoms with Crippen molar-refractivity contribution >= 4 is 38.9 Å². The Hall–Kier alpha value is -1.66. The van der Waals surface area contributed by atoms with Gasteiger partial charge in [0.15, 0.2) is 0 Å². The third-order valence-electron chi connectivity index (χ3n) is 2.64. The number of nitrogens with zero attached hydrogens (tertiary/aromatic N) is 1. The number of hydrogen-bond acceptors (Lipinski definition) is 3. The van der Waals surface area contributed by atoms with Gasteiger partial charge in [0.1, 0.15) is 5.82 Å².